The maximum absolute atomic E-state index is 13.3. The van der Waals surface area contributed by atoms with E-state index in [2.05, 4.69) is 30.6 Å². The average molecular weight is 595 g/mol. The first-order chi connectivity index (χ1) is 20.2. The highest BCUT2D eigenvalue weighted by Crippen LogP contribution is 2.35. The standard InChI is InChI=1S/C26H17F4N8OP.C2H6/c1-14-4-6-17(36-25(39)15-5-7-19(26(27,28)29)16(9-15)11-31)10-20(14)37-23-18(3-2-8-32-23)21-22-24(34-12-33-21)38(40-30)13-35-22;1-2/h2-10,12-13,40H,1H3,(H,32,37)(H,36,39);1-2H3. The molecule has 0 spiro atoms. The van der Waals surface area contributed by atoms with Crippen molar-refractivity contribution in [2.24, 2.45) is 0 Å². The van der Waals surface area contributed by atoms with E-state index in [0.717, 1.165) is 17.7 Å². The van der Waals surface area contributed by atoms with E-state index >= 15 is 0 Å². The maximum atomic E-state index is 13.3. The molecular weight excluding hydrogens is 571 g/mol. The Hall–Kier alpha value is -4.95. The molecule has 9 nitrogen and oxygen atoms in total. The molecule has 1 atom stereocenters. The number of rotatable bonds is 6. The van der Waals surface area contributed by atoms with Gasteiger partial charge >= 0.3 is 6.18 Å². The van der Waals surface area contributed by atoms with E-state index in [4.69, 9.17) is 5.26 Å². The van der Waals surface area contributed by atoms with E-state index in [-0.39, 0.29) is 5.56 Å². The number of carbonyl (C=O) groups is 1. The molecule has 0 aliphatic rings. The average Bonchev–Trinajstić information content (AvgIpc) is 3.43. The highest BCUT2D eigenvalue weighted by molar-refractivity contribution is 7.30. The van der Waals surface area contributed by atoms with Gasteiger partial charge < -0.3 is 10.6 Å². The Kier molecular flexibility index (Phi) is 9.08. The number of alkyl halides is 3. The lowest BCUT2D eigenvalue weighted by Gasteiger charge is -2.15. The predicted molar refractivity (Wildman–Crippen MR) is 153 cm³/mol. The van der Waals surface area contributed by atoms with E-state index in [1.54, 1.807) is 36.5 Å². The minimum atomic E-state index is -4.72. The summed E-state index contributed by atoms with van der Waals surface area (Å²) in [4.78, 5) is 29.9. The number of hydrogen-bond acceptors (Lipinski definition) is 7. The second kappa shape index (κ2) is 12.7. The number of pyridine rings is 1. The van der Waals surface area contributed by atoms with Crippen LogP contribution in [0.2, 0.25) is 0 Å². The van der Waals surface area contributed by atoms with Crippen LogP contribution in [-0.2, 0) is 6.18 Å². The fourth-order valence-electron chi connectivity index (χ4n) is 3.98. The zero-order valence-corrected chi connectivity index (χ0v) is 23.5. The first-order valence-electron chi connectivity index (χ1n) is 12.5. The van der Waals surface area contributed by atoms with E-state index < -0.39 is 32.3 Å². The molecule has 3 heterocycles. The summed E-state index contributed by atoms with van der Waals surface area (Å²) in [6.45, 7) is 5.83. The molecule has 2 aromatic carbocycles. The van der Waals surface area contributed by atoms with Crippen LogP contribution in [0.5, 0.6) is 0 Å². The van der Waals surface area contributed by atoms with Crippen molar-refractivity contribution in [1.29, 1.82) is 5.26 Å². The Morgan fingerprint density at radius 3 is 2.55 bits per heavy atom. The SMILES string of the molecule is CC.Cc1ccc(NC(=O)c2ccc(C(F)(F)F)c(C#N)c2)cc1Nc1ncccc1-c1ncnc2c1ncn2PF. The summed E-state index contributed by atoms with van der Waals surface area (Å²) in [5, 5.41) is 15.0. The summed E-state index contributed by atoms with van der Waals surface area (Å²) in [6, 6.07) is 12.6. The number of fused-ring (bicyclic) bond motifs is 1. The second-order valence-electron chi connectivity index (χ2n) is 8.47. The lowest BCUT2D eigenvalue weighted by atomic mass is 10.0. The number of nitrogens with zero attached hydrogens (tertiary/aromatic N) is 6. The van der Waals surface area contributed by atoms with Crippen LogP contribution in [0.1, 0.15) is 40.9 Å². The lowest BCUT2D eigenvalue weighted by Crippen LogP contribution is -2.14. The third kappa shape index (κ3) is 6.19. The highest BCUT2D eigenvalue weighted by Gasteiger charge is 2.33. The van der Waals surface area contributed by atoms with Gasteiger partial charge in [-0.15, -0.1) is 0 Å². The molecule has 214 valence electrons. The van der Waals surface area contributed by atoms with Gasteiger partial charge in [-0.3, -0.25) is 9.13 Å². The molecular formula is C28H23F4N8OP. The van der Waals surface area contributed by atoms with Crippen LogP contribution in [0.25, 0.3) is 22.4 Å². The van der Waals surface area contributed by atoms with Crippen molar-refractivity contribution in [2.45, 2.75) is 26.9 Å². The van der Waals surface area contributed by atoms with Gasteiger partial charge in [-0.1, -0.05) is 19.9 Å². The molecule has 14 heteroatoms. The number of amides is 1. The van der Waals surface area contributed by atoms with Gasteiger partial charge in [0, 0.05) is 28.7 Å². The fraction of sp³-hybridized carbons (Fsp3) is 0.143. The Morgan fingerprint density at radius 1 is 1.05 bits per heavy atom. The number of benzene rings is 2. The molecule has 0 radical (unpaired) electrons. The van der Waals surface area contributed by atoms with Gasteiger partial charge in [0.1, 0.15) is 29.7 Å². The molecule has 3 aromatic heterocycles. The van der Waals surface area contributed by atoms with Crippen molar-refractivity contribution in [3.05, 3.63) is 89.6 Å². The number of halogens is 4. The van der Waals surface area contributed by atoms with Crippen LogP contribution in [-0.4, -0.2) is 30.2 Å². The van der Waals surface area contributed by atoms with Gasteiger partial charge in [0.05, 0.1) is 17.2 Å². The van der Waals surface area contributed by atoms with Crippen molar-refractivity contribution in [2.75, 3.05) is 10.6 Å². The molecule has 42 heavy (non-hydrogen) atoms. The molecule has 0 fully saturated rings. The fourth-order valence-corrected chi connectivity index (χ4v) is 4.33. The smallest absolute Gasteiger partial charge is 0.339 e. The van der Waals surface area contributed by atoms with Crippen LogP contribution >= 0.6 is 9.04 Å². The predicted octanol–water partition coefficient (Wildman–Crippen LogP) is 7.44. The third-order valence-corrected chi connectivity index (χ3v) is 6.45. The monoisotopic (exact) mass is 594 g/mol. The van der Waals surface area contributed by atoms with Crippen molar-refractivity contribution in [3.63, 3.8) is 0 Å². The number of hydrogen-bond donors (Lipinski definition) is 2. The van der Waals surface area contributed by atoms with Crippen LogP contribution in [0.3, 0.4) is 0 Å². The van der Waals surface area contributed by atoms with E-state index in [1.807, 2.05) is 20.8 Å². The molecule has 2 N–H and O–H groups in total. The van der Waals surface area contributed by atoms with Crippen LogP contribution in [0, 0.1) is 18.3 Å². The zero-order chi connectivity index (χ0) is 30.4. The van der Waals surface area contributed by atoms with E-state index in [9.17, 15) is 22.2 Å². The quantitative estimate of drug-likeness (QED) is 0.155. The topological polar surface area (TPSA) is 121 Å². The molecule has 0 saturated carbocycles. The van der Waals surface area contributed by atoms with E-state index in [1.165, 1.54) is 23.1 Å². The summed E-state index contributed by atoms with van der Waals surface area (Å²) in [6.07, 6.45) is -0.484. The molecule has 1 amide bonds. The Bertz CT molecular complexity index is 1800. The number of anilines is 3. The number of nitrogens with one attached hydrogen (secondary N) is 2. The largest absolute Gasteiger partial charge is 0.417 e. The highest BCUT2D eigenvalue weighted by atomic mass is 31.1. The van der Waals surface area contributed by atoms with Crippen molar-refractivity contribution in [1.82, 2.24) is 24.3 Å². The van der Waals surface area contributed by atoms with Crippen molar-refractivity contribution >= 4 is 43.3 Å². The molecule has 1 unspecified atom stereocenters. The zero-order valence-electron chi connectivity index (χ0n) is 22.5. The molecule has 5 aromatic rings. The first kappa shape index (κ1) is 30.0. The normalized spacial score (nSPS) is 11.2. The molecule has 0 bridgehead atoms. The molecule has 0 saturated heterocycles. The van der Waals surface area contributed by atoms with Crippen LogP contribution in [0.4, 0.5) is 34.6 Å². The van der Waals surface area contributed by atoms with Crippen LogP contribution < -0.4 is 10.6 Å². The minimum Gasteiger partial charge on any atom is -0.339 e. The molecule has 0 aliphatic heterocycles. The van der Waals surface area contributed by atoms with Gasteiger partial charge in [-0.2, -0.15) is 18.4 Å². The summed E-state index contributed by atoms with van der Waals surface area (Å²) in [7, 11) is -1.05. The number of aryl methyl sites for hydroxylation is 1. The number of aromatic nitrogens is 5. The van der Waals surface area contributed by atoms with Crippen molar-refractivity contribution in [3.8, 4) is 17.3 Å². The number of nitriles is 1. The Balaban J connectivity index is 0.00000198. The number of carbonyl (C=O) groups excluding carboxylic acids is 1. The minimum absolute atomic E-state index is 0.104. The van der Waals surface area contributed by atoms with Gasteiger partial charge in [-0.25, -0.2) is 24.1 Å². The number of imidazole rings is 1. The third-order valence-electron chi connectivity index (χ3n) is 5.94. The molecule has 0 aliphatic carbocycles. The molecule has 5 rings (SSSR count). The first-order valence-corrected chi connectivity index (χ1v) is 13.3. The second-order valence-corrected chi connectivity index (χ2v) is 9.12. The van der Waals surface area contributed by atoms with Crippen LogP contribution in [0.15, 0.2) is 67.4 Å². The Labute approximate surface area is 239 Å². The summed E-state index contributed by atoms with van der Waals surface area (Å²) >= 11 is 0. The summed E-state index contributed by atoms with van der Waals surface area (Å²) < 4.78 is 54.0. The van der Waals surface area contributed by atoms with Gasteiger partial charge in [0.15, 0.2) is 14.7 Å². The van der Waals surface area contributed by atoms with Gasteiger partial charge in [0.25, 0.3) is 5.91 Å². The van der Waals surface area contributed by atoms with Gasteiger partial charge in [0.2, 0.25) is 0 Å². The Morgan fingerprint density at radius 2 is 1.83 bits per heavy atom. The van der Waals surface area contributed by atoms with Crippen molar-refractivity contribution < 1.29 is 22.2 Å². The summed E-state index contributed by atoms with van der Waals surface area (Å²) in [5.41, 5.74) is 1.60. The lowest BCUT2D eigenvalue weighted by molar-refractivity contribution is -0.137. The van der Waals surface area contributed by atoms with E-state index in [0.29, 0.717) is 45.7 Å². The summed E-state index contributed by atoms with van der Waals surface area (Å²) in [5.74, 6) is -0.279. The van der Waals surface area contributed by atoms with Gasteiger partial charge in [-0.05, 0) is 55.0 Å². The maximum Gasteiger partial charge on any atom is 0.417 e.